The standard InChI is InChI=1S/C20H28N4O/c1-5-13-24(14-6-2)19-15-16(11-12-21-19)20(25)22-17-7-9-18(10-8-17)23(3)4/h7-12,15H,5-6,13-14H2,1-4H3,(H,22,25). The minimum atomic E-state index is -0.116. The third-order valence-corrected chi connectivity index (χ3v) is 3.96. The molecule has 0 saturated heterocycles. The fraction of sp³-hybridized carbons (Fsp3) is 0.400. The first-order valence-electron chi connectivity index (χ1n) is 8.84. The summed E-state index contributed by atoms with van der Waals surface area (Å²) in [5, 5.41) is 2.95. The van der Waals surface area contributed by atoms with E-state index in [-0.39, 0.29) is 5.91 Å². The lowest BCUT2D eigenvalue weighted by molar-refractivity contribution is 0.102. The molecule has 0 radical (unpaired) electrons. The molecule has 1 aromatic carbocycles. The largest absolute Gasteiger partial charge is 0.378 e. The lowest BCUT2D eigenvalue weighted by Gasteiger charge is -2.22. The van der Waals surface area contributed by atoms with E-state index in [1.54, 1.807) is 12.3 Å². The van der Waals surface area contributed by atoms with Crippen LogP contribution in [-0.4, -0.2) is 38.1 Å². The highest BCUT2D eigenvalue weighted by Crippen LogP contribution is 2.18. The van der Waals surface area contributed by atoms with Gasteiger partial charge in [0.15, 0.2) is 0 Å². The number of amides is 1. The van der Waals surface area contributed by atoms with E-state index in [1.165, 1.54) is 0 Å². The van der Waals surface area contributed by atoms with Gasteiger partial charge >= 0.3 is 0 Å². The summed E-state index contributed by atoms with van der Waals surface area (Å²) in [5.41, 5.74) is 2.51. The second-order valence-corrected chi connectivity index (χ2v) is 6.29. The van der Waals surface area contributed by atoms with Crippen LogP contribution in [0, 0.1) is 0 Å². The maximum Gasteiger partial charge on any atom is 0.255 e. The summed E-state index contributed by atoms with van der Waals surface area (Å²) < 4.78 is 0. The van der Waals surface area contributed by atoms with Crippen molar-refractivity contribution < 1.29 is 4.79 Å². The van der Waals surface area contributed by atoms with Crippen LogP contribution < -0.4 is 15.1 Å². The molecular weight excluding hydrogens is 312 g/mol. The van der Waals surface area contributed by atoms with Crippen LogP contribution in [-0.2, 0) is 0 Å². The van der Waals surface area contributed by atoms with E-state index >= 15 is 0 Å². The Morgan fingerprint density at radius 2 is 1.68 bits per heavy atom. The smallest absolute Gasteiger partial charge is 0.255 e. The zero-order valence-electron chi connectivity index (χ0n) is 15.6. The van der Waals surface area contributed by atoms with Crippen molar-refractivity contribution in [2.24, 2.45) is 0 Å². The van der Waals surface area contributed by atoms with Crippen molar-refractivity contribution in [1.82, 2.24) is 4.98 Å². The Balaban J connectivity index is 2.12. The van der Waals surface area contributed by atoms with Crippen LogP contribution in [0.2, 0.25) is 0 Å². The minimum Gasteiger partial charge on any atom is -0.378 e. The second kappa shape index (κ2) is 9.06. The predicted octanol–water partition coefficient (Wildman–Crippen LogP) is 4.03. The molecule has 0 saturated carbocycles. The highest BCUT2D eigenvalue weighted by Gasteiger charge is 2.11. The molecule has 0 fully saturated rings. The number of benzene rings is 1. The molecule has 0 aliphatic carbocycles. The van der Waals surface area contributed by atoms with E-state index in [2.05, 4.69) is 29.0 Å². The summed E-state index contributed by atoms with van der Waals surface area (Å²) in [5.74, 6) is 0.744. The van der Waals surface area contributed by atoms with Crippen LogP contribution in [0.5, 0.6) is 0 Å². The highest BCUT2D eigenvalue weighted by atomic mass is 16.1. The Bertz CT molecular complexity index is 676. The van der Waals surface area contributed by atoms with Crippen molar-refractivity contribution in [1.29, 1.82) is 0 Å². The molecule has 0 aliphatic heterocycles. The van der Waals surface area contributed by atoms with E-state index in [0.29, 0.717) is 5.56 Å². The third-order valence-electron chi connectivity index (χ3n) is 3.96. The van der Waals surface area contributed by atoms with E-state index in [1.807, 2.05) is 49.3 Å². The molecule has 1 amide bonds. The van der Waals surface area contributed by atoms with E-state index in [0.717, 1.165) is 43.1 Å². The van der Waals surface area contributed by atoms with Gasteiger partial charge in [0.05, 0.1) is 0 Å². The molecule has 0 bridgehead atoms. The Morgan fingerprint density at radius 1 is 1.04 bits per heavy atom. The number of aromatic nitrogens is 1. The normalized spacial score (nSPS) is 10.4. The Hall–Kier alpha value is -2.56. The summed E-state index contributed by atoms with van der Waals surface area (Å²) in [4.78, 5) is 21.2. The highest BCUT2D eigenvalue weighted by molar-refractivity contribution is 6.04. The molecule has 1 aromatic heterocycles. The summed E-state index contributed by atoms with van der Waals surface area (Å²) in [7, 11) is 3.98. The van der Waals surface area contributed by atoms with Crippen LogP contribution in [0.3, 0.4) is 0 Å². The van der Waals surface area contributed by atoms with Gasteiger partial charge in [0.2, 0.25) is 0 Å². The molecule has 0 atom stereocenters. The van der Waals surface area contributed by atoms with Crippen molar-refractivity contribution in [2.75, 3.05) is 42.3 Å². The molecular formula is C20H28N4O. The van der Waals surface area contributed by atoms with Gasteiger partial charge in [-0.1, -0.05) is 13.8 Å². The second-order valence-electron chi connectivity index (χ2n) is 6.29. The maximum atomic E-state index is 12.6. The van der Waals surface area contributed by atoms with Gasteiger partial charge in [-0.05, 0) is 49.2 Å². The van der Waals surface area contributed by atoms with Crippen LogP contribution in [0.1, 0.15) is 37.0 Å². The molecule has 2 rings (SSSR count). The number of carbonyl (C=O) groups is 1. The number of carbonyl (C=O) groups excluding carboxylic acids is 1. The Kier molecular flexibility index (Phi) is 6.81. The molecule has 25 heavy (non-hydrogen) atoms. The summed E-state index contributed by atoms with van der Waals surface area (Å²) >= 11 is 0. The van der Waals surface area contributed by atoms with Crippen LogP contribution >= 0.6 is 0 Å². The molecule has 0 spiro atoms. The number of rotatable bonds is 8. The molecule has 134 valence electrons. The van der Waals surface area contributed by atoms with Gasteiger partial charge in [-0.3, -0.25) is 4.79 Å². The van der Waals surface area contributed by atoms with Gasteiger partial charge in [0, 0.05) is 50.3 Å². The Morgan fingerprint density at radius 3 is 2.24 bits per heavy atom. The monoisotopic (exact) mass is 340 g/mol. The maximum absolute atomic E-state index is 12.6. The van der Waals surface area contributed by atoms with Crippen molar-refractivity contribution in [3.05, 3.63) is 48.2 Å². The molecule has 5 heteroatoms. The van der Waals surface area contributed by atoms with Gasteiger partial charge in [0.1, 0.15) is 5.82 Å². The minimum absolute atomic E-state index is 0.116. The van der Waals surface area contributed by atoms with Gasteiger partial charge in [-0.25, -0.2) is 4.98 Å². The quantitative estimate of drug-likeness (QED) is 0.788. The van der Waals surface area contributed by atoms with Gasteiger partial charge in [0.25, 0.3) is 5.91 Å². The van der Waals surface area contributed by atoms with Gasteiger partial charge in [-0.2, -0.15) is 0 Å². The molecule has 0 unspecified atom stereocenters. The first-order chi connectivity index (χ1) is 12.0. The molecule has 1 N–H and O–H groups in total. The summed E-state index contributed by atoms with van der Waals surface area (Å²) in [6.45, 7) is 6.18. The number of nitrogens with zero attached hydrogens (tertiary/aromatic N) is 3. The van der Waals surface area contributed by atoms with Crippen molar-refractivity contribution in [3.8, 4) is 0 Å². The molecule has 2 aromatic rings. The van der Waals surface area contributed by atoms with Crippen LogP contribution in [0.25, 0.3) is 0 Å². The van der Waals surface area contributed by atoms with Crippen molar-refractivity contribution in [2.45, 2.75) is 26.7 Å². The fourth-order valence-electron chi connectivity index (χ4n) is 2.66. The lowest BCUT2D eigenvalue weighted by Crippen LogP contribution is -2.26. The van der Waals surface area contributed by atoms with Gasteiger partial charge < -0.3 is 15.1 Å². The topological polar surface area (TPSA) is 48.5 Å². The number of hydrogen-bond acceptors (Lipinski definition) is 4. The van der Waals surface area contributed by atoms with Gasteiger partial charge in [-0.15, -0.1) is 0 Å². The third kappa shape index (κ3) is 5.21. The zero-order chi connectivity index (χ0) is 18.2. The van der Waals surface area contributed by atoms with E-state index in [4.69, 9.17) is 0 Å². The van der Waals surface area contributed by atoms with E-state index < -0.39 is 0 Å². The lowest BCUT2D eigenvalue weighted by atomic mass is 10.2. The molecule has 5 nitrogen and oxygen atoms in total. The first kappa shape index (κ1) is 18.8. The number of anilines is 3. The average Bonchev–Trinajstić information content (AvgIpc) is 2.62. The predicted molar refractivity (Wildman–Crippen MR) is 106 cm³/mol. The number of nitrogens with one attached hydrogen (secondary N) is 1. The average molecular weight is 340 g/mol. The fourth-order valence-corrected chi connectivity index (χ4v) is 2.66. The zero-order valence-corrected chi connectivity index (χ0v) is 15.6. The number of pyridine rings is 1. The van der Waals surface area contributed by atoms with Crippen LogP contribution in [0.15, 0.2) is 42.6 Å². The molecule has 0 aliphatic rings. The first-order valence-corrected chi connectivity index (χ1v) is 8.84. The Labute approximate surface area is 150 Å². The SMILES string of the molecule is CCCN(CCC)c1cc(C(=O)Nc2ccc(N(C)C)cc2)ccn1. The number of hydrogen-bond donors (Lipinski definition) is 1. The van der Waals surface area contributed by atoms with Crippen molar-refractivity contribution in [3.63, 3.8) is 0 Å². The molecule has 1 heterocycles. The summed E-state index contributed by atoms with van der Waals surface area (Å²) in [6.07, 6.45) is 3.81. The van der Waals surface area contributed by atoms with Crippen molar-refractivity contribution >= 4 is 23.1 Å². The summed E-state index contributed by atoms with van der Waals surface area (Å²) in [6, 6.07) is 11.4. The van der Waals surface area contributed by atoms with E-state index in [9.17, 15) is 4.79 Å². The van der Waals surface area contributed by atoms with Crippen LogP contribution in [0.4, 0.5) is 17.2 Å².